The number of phenolic OH excluding ortho intramolecular Hbond substituents is 1. The van der Waals surface area contributed by atoms with E-state index in [0.717, 1.165) is 6.26 Å². The number of ether oxygens (including phenoxy) is 1. The first kappa shape index (κ1) is 21.6. The van der Waals surface area contributed by atoms with Crippen molar-refractivity contribution >= 4 is 27.3 Å². The largest absolute Gasteiger partial charge is 0.504 e. The van der Waals surface area contributed by atoms with E-state index in [4.69, 9.17) is 4.74 Å². The van der Waals surface area contributed by atoms with Gasteiger partial charge in [-0.05, 0) is 18.6 Å². The van der Waals surface area contributed by atoms with Gasteiger partial charge in [0.25, 0.3) is 0 Å². The number of nitrogens with one attached hydrogen (secondary N) is 1. The molecule has 9 heteroatoms. The zero-order valence-corrected chi connectivity index (χ0v) is 17.9. The normalized spacial score (nSPS) is 16.3. The van der Waals surface area contributed by atoms with Crippen LogP contribution in [0.5, 0.6) is 11.5 Å². The highest BCUT2D eigenvalue weighted by Gasteiger charge is 2.35. The number of benzene rings is 2. The fourth-order valence-corrected chi connectivity index (χ4v) is 4.05. The molecule has 2 N–H and O–H groups in total. The molecule has 0 fully saturated rings. The lowest BCUT2D eigenvalue weighted by Gasteiger charge is -2.23. The molecule has 2 aromatic rings. The van der Waals surface area contributed by atoms with Crippen molar-refractivity contribution in [3.63, 3.8) is 0 Å². The van der Waals surface area contributed by atoms with E-state index < -0.39 is 16.1 Å². The molecule has 0 bridgehead atoms. The fraction of sp³-hybridized carbons (Fsp3) is 0.333. The number of para-hydroxylation sites is 2. The average molecular weight is 432 g/mol. The number of phenols is 1. The number of amides is 1. The Morgan fingerprint density at radius 1 is 1.27 bits per heavy atom. The summed E-state index contributed by atoms with van der Waals surface area (Å²) in [5.74, 6) is 0.0922. The summed E-state index contributed by atoms with van der Waals surface area (Å²) >= 11 is 0. The van der Waals surface area contributed by atoms with Crippen molar-refractivity contribution in [2.24, 2.45) is 5.10 Å². The van der Waals surface area contributed by atoms with E-state index in [0.29, 0.717) is 47.5 Å². The van der Waals surface area contributed by atoms with E-state index in [1.54, 1.807) is 42.5 Å². The molecule has 0 unspecified atom stereocenters. The molecule has 2 aromatic carbocycles. The fourth-order valence-electron chi connectivity index (χ4n) is 3.47. The van der Waals surface area contributed by atoms with E-state index in [-0.39, 0.29) is 11.7 Å². The van der Waals surface area contributed by atoms with E-state index in [1.807, 2.05) is 6.92 Å². The Morgan fingerprint density at radius 3 is 2.67 bits per heavy atom. The Labute approximate surface area is 176 Å². The van der Waals surface area contributed by atoms with E-state index >= 15 is 0 Å². The van der Waals surface area contributed by atoms with E-state index in [2.05, 4.69) is 9.82 Å². The van der Waals surface area contributed by atoms with Crippen molar-refractivity contribution in [1.29, 1.82) is 0 Å². The van der Waals surface area contributed by atoms with Crippen LogP contribution >= 0.6 is 0 Å². The van der Waals surface area contributed by atoms with E-state index in [9.17, 15) is 18.3 Å². The number of hydrazone groups is 1. The SMILES string of the molecule is CCCC(=O)N1N=C(c2ccccc2NS(C)(=O)=O)C[C@H]1c1cccc(OC)c1O. The van der Waals surface area contributed by atoms with Crippen LogP contribution in [0.1, 0.15) is 43.4 Å². The molecule has 0 spiro atoms. The number of nitrogens with zero attached hydrogens (tertiary/aromatic N) is 2. The Morgan fingerprint density at radius 2 is 2.00 bits per heavy atom. The molecule has 0 radical (unpaired) electrons. The molecule has 30 heavy (non-hydrogen) atoms. The molecule has 0 aromatic heterocycles. The van der Waals surface area contributed by atoms with Crippen molar-refractivity contribution in [3.05, 3.63) is 53.6 Å². The third-order valence-electron chi connectivity index (χ3n) is 4.77. The molecule has 3 rings (SSSR count). The van der Waals surface area contributed by atoms with Gasteiger partial charge in [-0.3, -0.25) is 9.52 Å². The monoisotopic (exact) mass is 431 g/mol. The van der Waals surface area contributed by atoms with Crippen molar-refractivity contribution in [3.8, 4) is 11.5 Å². The summed E-state index contributed by atoms with van der Waals surface area (Å²) in [6.45, 7) is 1.90. The summed E-state index contributed by atoms with van der Waals surface area (Å²) in [5.41, 5.74) is 2.05. The minimum atomic E-state index is -3.49. The highest BCUT2D eigenvalue weighted by molar-refractivity contribution is 7.92. The lowest BCUT2D eigenvalue weighted by molar-refractivity contribution is -0.133. The Balaban J connectivity index is 2.05. The quantitative estimate of drug-likeness (QED) is 0.700. The molecule has 1 heterocycles. The molecular formula is C21H25N3O5S. The van der Waals surface area contributed by atoms with Gasteiger partial charge in [-0.25, -0.2) is 13.4 Å². The van der Waals surface area contributed by atoms with Gasteiger partial charge in [0.05, 0.1) is 30.8 Å². The van der Waals surface area contributed by atoms with Crippen LogP contribution in [0, 0.1) is 0 Å². The molecule has 8 nitrogen and oxygen atoms in total. The van der Waals surface area contributed by atoms with Gasteiger partial charge in [0.2, 0.25) is 15.9 Å². The van der Waals surface area contributed by atoms with Crippen molar-refractivity contribution < 1.29 is 23.1 Å². The molecule has 1 aliphatic rings. The number of hydrogen-bond acceptors (Lipinski definition) is 6. The molecule has 1 aliphatic heterocycles. The molecule has 0 saturated heterocycles. The van der Waals surface area contributed by atoms with Crippen LogP contribution < -0.4 is 9.46 Å². The van der Waals surface area contributed by atoms with Crippen LogP contribution in [0.25, 0.3) is 0 Å². The smallest absolute Gasteiger partial charge is 0.243 e. The number of aromatic hydroxyl groups is 1. The van der Waals surface area contributed by atoms with Gasteiger partial charge in [0, 0.05) is 24.0 Å². The zero-order valence-electron chi connectivity index (χ0n) is 17.1. The van der Waals surface area contributed by atoms with Gasteiger partial charge in [-0.2, -0.15) is 5.10 Å². The second-order valence-corrected chi connectivity index (χ2v) is 8.82. The van der Waals surface area contributed by atoms with Crippen molar-refractivity contribution in [1.82, 2.24) is 5.01 Å². The predicted molar refractivity (Wildman–Crippen MR) is 115 cm³/mol. The molecule has 0 saturated carbocycles. The minimum absolute atomic E-state index is 0.0432. The van der Waals surface area contributed by atoms with Gasteiger partial charge in [0.1, 0.15) is 0 Å². The van der Waals surface area contributed by atoms with Crippen molar-refractivity contribution in [2.45, 2.75) is 32.2 Å². The third-order valence-corrected chi connectivity index (χ3v) is 5.36. The molecule has 0 aliphatic carbocycles. The second-order valence-electron chi connectivity index (χ2n) is 7.07. The number of hydrogen-bond donors (Lipinski definition) is 2. The van der Waals surface area contributed by atoms with Crippen LogP contribution in [0.2, 0.25) is 0 Å². The predicted octanol–water partition coefficient (Wildman–Crippen LogP) is 3.25. The topological polar surface area (TPSA) is 108 Å². The third kappa shape index (κ3) is 4.56. The highest BCUT2D eigenvalue weighted by atomic mass is 32.2. The van der Waals surface area contributed by atoms with Gasteiger partial charge in [-0.1, -0.05) is 37.3 Å². The Kier molecular flexibility index (Phi) is 6.31. The Hall–Kier alpha value is -3.07. The maximum atomic E-state index is 12.8. The van der Waals surface area contributed by atoms with Gasteiger partial charge >= 0.3 is 0 Å². The maximum Gasteiger partial charge on any atom is 0.243 e. The van der Waals surface area contributed by atoms with Crippen LogP contribution in [0.3, 0.4) is 0 Å². The summed E-state index contributed by atoms with van der Waals surface area (Å²) < 4.78 is 31.2. The average Bonchev–Trinajstić information content (AvgIpc) is 3.12. The summed E-state index contributed by atoms with van der Waals surface area (Å²) in [6.07, 6.45) is 2.36. The zero-order chi connectivity index (χ0) is 21.9. The number of rotatable bonds is 7. The summed E-state index contributed by atoms with van der Waals surface area (Å²) in [5, 5.41) is 16.6. The van der Waals surface area contributed by atoms with E-state index in [1.165, 1.54) is 12.1 Å². The number of sulfonamides is 1. The summed E-state index contributed by atoms with van der Waals surface area (Å²) in [4.78, 5) is 12.8. The highest BCUT2D eigenvalue weighted by Crippen LogP contribution is 2.41. The van der Waals surface area contributed by atoms with Crippen LogP contribution in [-0.2, 0) is 14.8 Å². The molecular weight excluding hydrogens is 406 g/mol. The van der Waals surface area contributed by atoms with Crippen LogP contribution in [-0.4, -0.2) is 43.5 Å². The molecule has 1 amide bonds. The van der Waals surface area contributed by atoms with Crippen LogP contribution in [0.4, 0.5) is 5.69 Å². The van der Waals surface area contributed by atoms with Gasteiger partial charge in [0.15, 0.2) is 11.5 Å². The number of carbonyl (C=O) groups is 1. The number of anilines is 1. The first-order chi connectivity index (χ1) is 14.2. The number of carbonyl (C=O) groups excluding carboxylic acids is 1. The number of methoxy groups -OCH3 is 1. The van der Waals surface area contributed by atoms with Crippen LogP contribution in [0.15, 0.2) is 47.6 Å². The Bertz CT molecular complexity index is 1080. The van der Waals surface area contributed by atoms with Gasteiger partial charge < -0.3 is 9.84 Å². The first-order valence-corrected chi connectivity index (χ1v) is 11.5. The molecule has 1 atom stereocenters. The maximum absolute atomic E-state index is 12.8. The second kappa shape index (κ2) is 8.74. The first-order valence-electron chi connectivity index (χ1n) is 9.57. The summed E-state index contributed by atoms with van der Waals surface area (Å²) in [7, 11) is -2.03. The molecule has 160 valence electrons. The lowest BCUT2D eigenvalue weighted by atomic mass is 9.96. The lowest BCUT2D eigenvalue weighted by Crippen LogP contribution is -2.26. The summed E-state index contributed by atoms with van der Waals surface area (Å²) in [6, 6.07) is 11.5. The standard InChI is InChI=1S/C21H25N3O5S/c1-4-8-20(25)24-18(15-10-7-12-19(29-2)21(15)26)13-17(22-24)14-9-5-6-11-16(14)23-30(3,27)28/h5-7,9-12,18,23,26H,4,8,13H2,1-3H3/t18-/m0/s1. The minimum Gasteiger partial charge on any atom is -0.504 e. The van der Waals surface area contributed by atoms with Gasteiger partial charge in [-0.15, -0.1) is 0 Å². The van der Waals surface area contributed by atoms with Crippen molar-refractivity contribution in [2.75, 3.05) is 18.1 Å².